The highest BCUT2D eigenvalue weighted by atomic mass is 79.9. The van der Waals surface area contributed by atoms with Crippen LogP contribution in [-0.2, 0) is 0 Å². The van der Waals surface area contributed by atoms with E-state index in [-0.39, 0.29) is 5.56 Å². The fourth-order valence-electron chi connectivity index (χ4n) is 1.77. The third kappa shape index (κ3) is 2.72. The molecule has 0 radical (unpaired) electrons. The van der Waals surface area contributed by atoms with Crippen molar-refractivity contribution in [1.29, 1.82) is 0 Å². The standard InChI is InChI=1S/C15H12BrF2NO/c1-8-4-3-5-10(12(8)16)15(20)19-14-11(17)7-6-9(2)13(14)18/h3-7H,1-2H3,(H,19,20). The van der Waals surface area contributed by atoms with Crippen molar-refractivity contribution in [2.24, 2.45) is 0 Å². The van der Waals surface area contributed by atoms with Crippen LogP contribution in [0.2, 0.25) is 0 Å². The Hall–Kier alpha value is -1.75. The quantitative estimate of drug-likeness (QED) is 0.851. The van der Waals surface area contributed by atoms with E-state index >= 15 is 0 Å². The number of amides is 1. The average molecular weight is 340 g/mol. The first-order valence-corrected chi connectivity index (χ1v) is 6.72. The molecule has 0 atom stereocenters. The second kappa shape index (κ2) is 5.71. The van der Waals surface area contributed by atoms with Crippen LogP contribution in [-0.4, -0.2) is 5.91 Å². The summed E-state index contributed by atoms with van der Waals surface area (Å²) >= 11 is 3.30. The maximum Gasteiger partial charge on any atom is 0.256 e. The van der Waals surface area contributed by atoms with E-state index in [0.29, 0.717) is 10.0 Å². The molecule has 0 aliphatic carbocycles. The Labute approximate surface area is 123 Å². The van der Waals surface area contributed by atoms with E-state index in [1.54, 1.807) is 12.1 Å². The second-order valence-electron chi connectivity index (χ2n) is 4.44. The van der Waals surface area contributed by atoms with Gasteiger partial charge in [0.25, 0.3) is 5.91 Å². The van der Waals surface area contributed by atoms with E-state index in [2.05, 4.69) is 21.2 Å². The molecule has 2 aromatic rings. The molecule has 0 unspecified atom stereocenters. The highest BCUT2D eigenvalue weighted by Gasteiger charge is 2.17. The highest BCUT2D eigenvalue weighted by Crippen LogP contribution is 2.25. The molecule has 0 aromatic heterocycles. The van der Waals surface area contributed by atoms with Gasteiger partial charge in [0.05, 0.1) is 5.56 Å². The predicted molar refractivity (Wildman–Crippen MR) is 77.9 cm³/mol. The lowest BCUT2D eigenvalue weighted by molar-refractivity contribution is 0.102. The fraction of sp³-hybridized carbons (Fsp3) is 0.133. The zero-order chi connectivity index (χ0) is 14.9. The normalized spacial score (nSPS) is 10.4. The van der Waals surface area contributed by atoms with Crippen molar-refractivity contribution >= 4 is 27.5 Å². The van der Waals surface area contributed by atoms with E-state index in [9.17, 15) is 13.6 Å². The maximum absolute atomic E-state index is 13.9. The first-order valence-electron chi connectivity index (χ1n) is 5.93. The molecule has 0 spiro atoms. The van der Waals surface area contributed by atoms with E-state index in [4.69, 9.17) is 0 Å². The Bertz CT molecular complexity index is 686. The molecule has 20 heavy (non-hydrogen) atoms. The number of carbonyl (C=O) groups excluding carboxylic acids is 1. The summed E-state index contributed by atoms with van der Waals surface area (Å²) in [7, 11) is 0. The van der Waals surface area contributed by atoms with Crippen LogP contribution in [0, 0.1) is 25.5 Å². The highest BCUT2D eigenvalue weighted by molar-refractivity contribution is 9.10. The van der Waals surface area contributed by atoms with Crippen LogP contribution < -0.4 is 5.32 Å². The number of anilines is 1. The van der Waals surface area contributed by atoms with Crippen LogP contribution >= 0.6 is 15.9 Å². The second-order valence-corrected chi connectivity index (χ2v) is 5.24. The lowest BCUT2D eigenvalue weighted by atomic mass is 10.1. The number of benzene rings is 2. The zero-order valence-electron chi connectivity index (χ0n) is 10.9. The Kier molecular flexibility index (Phi) is 4.18. The van der Waals surface area contributed by atoms with Gasteiger partial charge in [0, 0.05) is 4.47 Å². The molecular formula is C15H12BrF2NO. The molecule has 1 N–H and O–H groups in total. The van der Waals surface area contributed by atoms with Crippen molar-refractivity contribution in [2.45, 2.75) is 13.8 Å². The van der Waals surface area contributed by atoms with Gasteiger partial charge in [0.1, 0.15) is 11.5 Å². The number of halogens is 3. The summed E-state index contributed by atoms with van der Waals surface area (Å²) in [6, 6.07) is 7.56. The molecule has 1 amide bonds. The van der Waals surface area contributed by atoms with E-state index in [1.165, 1.54) is 13.0 Å². The van der Waals surface area contributed by atoms with Crippen LogP contribution in [0.5, 0.6) is 0 Å². The Morgan fingerprint density at radius 2 is 1.80 bits per heavy atom. The fourth-order valence-corrected chi connectivity index (χ4v) is 2.22. The molecule has 0 saturated heterocycles. The summed E-state index contributed by atoms with van der Waals surface area (Å²) in [5, 5.41) is 2.28. The van der Waals surface area contributed by atoms with Gasteiger partial charge < -0.3 is 5.32 Å². The summed E-state index contributed by atoms with van der Waals surface area (Å²) in [5.74, 6) is -2.13. The molecule has 0 aliphatic heterocycles. The molecule has 0 bridgehead atoms. The number of hydrogen-bond donors (Lipinski definition) is 1. The maximum atomic E-state index is 13.9. The smallest absolute Gasteiger partial charge is 0.256 e. The van der Waals surface area contributed by atoms with Gasteiger partial charge >= 0.3 is 0 Å². The summed E-state index contributed by atoms with van der Waals surface area (Å²) in [4.78, 5) is 12.1. The van der Waals surface area contributed by atoms with E-state index in [0.717, 1.165) is 11.6 Å². The largest absolute Gasteiger partial charge is 0.317 e. The minimum absolute atomic E-state index is 0.269. The summed E-state index contributed by atoms with van der Waals surface area (Å²) in [6.07, 6.45) is 0. The molecular weight excluding hydrogens is 328 g/mol. The van der Waals surface area contributed by atoms with Crippen LogP contribution in [0.15, 0.2) is 34.8 Å². The number of aryl methyl sites for hydroxylation is 2. The van der Waals surface area contributed by atoms with Crippen molar-refractivity contribution < 1.29 is 13.6 Å². The van der Waals surface area contributed by atoms with E-state index < -0.39 is 23.2 Å². The van der Waals surface area contributed by atoms with Gasteiger partial charge in [-0.1, -0.05) is 18.2 Å². The average Bonchev–Trinajstić information content (AvgIpc) is 2.42. The molecule has 104 valence electrons. The minimum atomic E-state index is -0.801. The van der Waals surface area contributed by atoms with Crippen molar-refractivity contribution in [3.8, 4) is 0 Å². The molecule has 0 saturated carbocycles. The monoisotopic (exact) mass is 339 g/mol. The number of nitrogens with one attached hydrogen (secondary N) is 1. The van der Waals surface area contributed by atoms with Crippen LogP contribution in [0.3, 0.4) is 0 Å². The van der Waals surface area contributed by atoms with Gasteiger partial charge in [-0.25, -0.2) is 8.78 Å². The van der Waals surface area contributed by atoms with Crippen LogP contribution in [0.25, 0.3) is 0 Å². The molecule has 2 nitrogen and oxygen atoms in total. The third-order valence-electron chi connectivity index (χ3n) is 2.96. The number of hydrogen-bond acceptors (Lipinski definition) is 1. The van der Waals surface area contributed by atoms with Gasteiger partial charge in [0.2, 0.25) is 0 Å². The predicted octanol–water partition coefficient (Wildman–Crippen LogP) is 4.60. The van der Waals surface area contributed by atoms with Crippen LogP contribution in [0.4, 0.5) is 14.5 Å². The third-order valence-corrected chi connectivity index (χ3v) is 4.01. The zero-order valence-corrected chi connectivity index (χ0v) is 12.5. The van der Waals surface area contributed by atoms with Gasteiger partial charge in [-0.3, -0.25) is 4.79 Å². The summed E-state index contributed by atoms with van der Waals surface area (Å²) < 4.78 is 28.1. The van der Waals surface area contributed by atoms with E-state index in [1.807, 2.05) is 13.0 Å². The molecule has 2 aromatic carbocycles. The van der Waals surface area contributed by atoms with Gasteiger partial charge in [0.15, 0.2) is 5.82 Å². The summed E-state index contributed by atoms with van der Waals surface area (Å²) in [6.45, 7) is 3.34. The Morgan fingerprint density at radius 1 is 1.10 bits per heavy atom. The first kappa shape index (κ1) is 14.7. The summed E-state index contributed by atoms with van der Waals surface area (Å²) in [5.41, 5.74) is 1.03. The number of rotatable bonds is 2. The van der Waals surface area contributed by atoms with Crippen molar-refractivity contribution in [2.75, 3.05) is 5.32 Å². The van der Waals surface area contributed by atoms with Gasteiger partial charge in [-0.05, 0) is 53.0 Å². The lowest BCUT2D eigenvalue weighted by Crippen LogP contribution is -2.15. The van der Waals surface area contributed by atoms with Crippen molar-refractivity contribution in [3.63, 3.8) is 0 Å². The SMILES string of the molecule is Cc1ccc(F)c(NC(=O)c2cccc(C)c2Br)c1F. The van der Waals surface area contributed by atoms with Crippen molar-refractivity contribution in [3.05, 3.63) is 63.1 Å². The van der Waals surface area contributed by atoms with Gasteiger partial charge in [-0.2, -0.15) is 0 Å². The topological polar surface area (TPSA) is 29.1 Å². The minimum Gasteiger partial charge on any atom is -0.317 e. The first-order chi connectivity index (χ1) is 9.41. The molecule has 2 rings (SSSR count). The number of carbonyl (C=O) groups is 1. The van der Waals surface area contributed by atoms with Crippen molar-refractivity contribution in [1.82, 2.24) is 0 Å². The lowest BCUT2D eigenvalue weighted by Gasteiger charge is -2.11. The molecule has 0 aliphatic rings. The Balaban J connectivity index is 2.38. The Morgan fingerprint density at radius 3 is 2.50 bits per heavy atom. The molecule has 0 fully saturated rings. The van der Waals surface area contributed by atoms with Crippen LogP contribution in [0.1, 0.15) is 21.5 Å². The molecule has 5 heteroatoms. The molecule has 0 heterocycles. The van der Waals surface area contributed by atoms with Gasteiger partial charge in [-0.15, -0.1) is 0 Å².